The van der Waals surface area contributed by atoms with Gasteiger partial charge in [0.2, 0.25) is 0 Å². The van der Waals surface area contributed by atoms with Gasteiger partial charge in [-0.15, -0.1) is 0 Å². The van der Waals surface area contributed by atoms with E-state index < -0.39 is 0 Å². The van der Waals surface area contributed by atoms with Crippen LogP contribution in [0.3, 0.4) is 0 Å². The molecule has 0 amide bonds. The van der Waals surface area contributed by atoms with Gasteiger partial charge in [0.05, 0.1) is 6.61 Å². The van der Waals surface area contributed by atoms with E-state index in [2.05, 4.69) is 31.2 Å². The van der Waals surface area contributed by atoms with E-state index >= 15 is 0 Å². The van der Waals surface area contributed by atoms with Gasteiger partial charge in [-0.2, -0.15) is 0 Å². The van der Waals surface area contributed by atoms with Crippen molar-refractivity contribution in [1.82, 2.24) is 0 Å². The molecule has 1 nitrogen and oxygen atoms in total. The second-order valence-electron chi connectivity index (χ2n) is 5.54. The minimum absolute atomic E-state index is 0.644. The van der Waals surface area contributed by atoms with Gasteiger partial charge in [0.15, 0.2) is 0 Å². The Kier molecular flexibility index (Phi) is 3.19. The third-order valence-electron chi connectivity index (χ3n) is 4.44. The normalized spacial score (nSPS) is 29.2. The molecule has 17 heavy (non-hydrogen) atoms. The lowest BCUT2D eigenvalue weighted by atomic mass is 9.79. The molecule has 1 saturated carbocycles. The van der Waals surface area contributed by atoms with Crippen molar-refractivity contribution in [3.8, 4) is 0 Å². The van der Waals surface area contributed by atoms with E-state index in [1.54, 1.807) is 11.1 Å². The SMILES string of the molecule is CCC1CCOCC1c1ccccc1C1CC1. The van der Waals surface area contributed by atoms with Gasteiger partial charge in [0.25, 0.3) is 0 Å². The molecule has 2 fully saturated rings. The summed E-state index contributed by atoms with van der Waals surface area (Å²) in [4.78, 5) is 0. The van der Waals surface area contributed by atoms with Crippen molar-refractivity contribution in [2.75, 3.05) is 13.2 Å². The molecular formula is C16H22O. The number of benzene rings is 1. The van der Waals surface area contributed by atoms with Crippen molar-refractivity contribution in [1.29, 1.82) is 0 Å². The number of rotatable bonds is 3. The molecule has 3 rings (SSSR count). The lowest BCUT2D eigenvalue weighted by Crippen LogP contribution is -2.26. The Hall–Kier alpha value is -0.820. The highest BCUT2D eigenvalue weighted by molar-refractivity contribution is 5.36. The predicted octanol–water partition coefficient (Wildman–Crippen LogP) is 4.09. The van der Waals surface area contributed by atoms with E-state index in [4.69, 9.17) is 4.74 Å². The molecule has 1 aliphatic carbocycles. The zero-order valence-corrected chi connectivity index (χ0v) is 10.7. The van der Waals surface area contributed by atoms with Crippen LogP contribution >= 0.6 is 0 Å². The van der Waals surface area contributed by atoms with Crippen LogP contribution in [-0.4, -0.2) is 13.2 Å². The maximum Gasteiger partial charge on any atom is 0.0537 e. The first-order valence-corrected chi connectivity index (χ1v) is 7.06. The van der Waals surface area contributed by atoms with Crippen LogP contribution in [0.15, 0.2) is 24.3 Å². The zero-order valence-electron chi connectivity index (χ0n) is 10.7. The van der Waals surface area contributed by atoms with Gasteiger partial charge in [-0.05, 0) is 42.2 Å². The average molecular weight is 230 g/mol. The second kappa shape index (κ2) is 4.81. The van der Waals surface area contributed by atoms with Gasteiger partial charge in [-0.25, -0.2) is 0 Å². The highest BCUT2D eigenvalue weighted by atomic mass is 16.5. The van der Waals surface area contributed by atoms with Crippen molar-refractivity contribution in [3.05, 3.63) is 35.4 Å². The quantitative estimate of drug-likeness (QED) is 0.759. The standard InChI is InChI=1S/C16H22O/c1-2-12-9-10-17-11-16(12)15-6-4-3-5-14(15)13-7-8-13/h3-6,12-13,16H,2,7-11H2,1H3. The van der Waals surface area contributed by atoms with Crippen molar-refractivity contribution >= 4 is 0 Å². The van der Waals surface area contributed by atoms with E-state index in [1.807, 2.05) is 0 Å². The van der Waals surface area contributed by atoms with E-state index in [1.165, 1.54) is 25.7 Å². The average Bonchev–Trinajstić information content (AvgIpc) is 3.23. The summed E-state index contributed by atoms with van der Waals surface area (Å²) in [6.07, 6.45) is 5.30. The van der Waals surface area contributed by atoms with E-state index in [-0.39, 0.29) is 0 Å². The zero-order chi connectivity index (χ0) is 11.7. The Labute approximate surface area is 104 Å². The third-order valence-corrected chi connectivity index (χ3v) is 4.44. The lowest BCUT2D eigenvalue weighted by molar-refractivity contribution is 0.0454. The number of hydrogen-bond donors (Lipinski definition) is 0. The molecule has 92 valence electrons. The van der Waals surface area contributed by atoms with Crippen LogP contribution < -0.4 is 0 Å². The van der Waals surface area contributed by atoms with Gasteiger partial charge in [-0.1, -0.05) is 37.6 Å². The summed E-state index contributed by atoms with van der Waals surface area (Å²) in [5.74, 6) is 2.32. The lowest BCUT2D eigenvalue weighted by Gasteiger charge is -2.32. The Morgan fingerprint density at radius 1 is 1.12 bits per heavy atom. The van der Waals surface area contributed by atoms with Gasteiger partial charge in [0, 0.05) is 12.5 Å². The molecule has 2 atom stereocenters. The molecule has 0 N–H and O–H groups in total. The van der Waals surface area contributed by atoms with Gasteiger partial charge in [0.1, 0.15) is 0 Å². The fourth-order valence-corrected chi connectivity index (χ4v) is 3.23. The molecule has 0 spiro atoms. The summed E-state index contributed by atoms with van der Waals surface area (Å²) in [5, 5.41) is 0. The fraction of sp³-hybridized carbons (Fsp3) is 0.625. The molecule has 2 aliphatic rings. The van der Waals surface area contributed by atoms with Crippen LogP contribution in [0.1, 0.15) is 55.6 Å². The second-order valence-corrected chi connectivity index (χ2v) is 5.54. The Morgan fingerprint density at radius 3 is 2.59 bits per heavy atom. The van der Waals surface area contributed by atoms with Gasteiger partial charge >= 0.3 is 0 Å². The molecule has 1 saturated heterocycles. The summed E-state index contributed by atoms with van der Waals surface area (Å²) in [6, 6.07) is 9.08. The Bertz CT molecular complexity index is 381. The van der Waals surface area contributed by atoms with Gasteiger partial charge in [-0.3, -0.25) is 0 Å². The highest BCUT2D eigenvalue weighted by Crippen LogP contribution is 2.45. The first-order valence-electron chi connectivity index (χ1n) is 7.06. The summed E-state index contributed by atoms with van der Waals surface area (Å²) in [5.41, 5.74) is 3.20. The molecule has 1 aromatic rings. The topological polar surface area (TPSA) is 9.23 Å². The molecule has 1 aliphatic heterocycles. The summed E-state index contributed by atoms with van der Waals surface area (Å²) in [6.45, 7) is 4.21. The minimum Gasteiger partial charge on any atom is -0.381 e. The molecule has 0 radical (unpaired) electrons. The van der Waals surface area contributed by atoms with Gasteiger partial charge < -0.3 is 4.74 Å². The van der Waals surface area contributed by atoms with Crippen LogP contribution in [0.2, 0.25) is 0 Å². The van der Waals surface area contributed by atoms with Crippen molar-refractivity contribution in [2.45, 2.75) is 44.4 Å². The molecule has 0 bridgehead atoms. The molecule has 1 heteroatoms. The first kappa shape index (κ1) is 11.3. The van der Waals surface area contributed by atoms with Crippen molar-refractivity contribution in [3.63, 3.8) is 0 Å². The van der Waals surface area contributed by atoms with E-state index in [0.29, 0.717) is 5.92 Å². The Morgan fingerprint density at radius 2 is 1.88 bits per heavy atom. The molecule has 1 heterocycles. The summed E-state index contributed by atoms with van der Waals surface area (Å²) < 4.78 is 5.72. The smallest absolute Gasteiger partial charge is 0.0537 e. The number of ether oxygens (including phenoxy) is 1. The van der Waals surface area contributed by atoms with Crippen LogP contribution in [0.5, 0.6) is 0 Å². The van der Waals surface area contributed by atoms with E-state index in [0.717, 1.165) is 25.0 Å². The van der Waals surface area contributed by atoms with E-state index in [9.17, 15) is 0 Å². The van der Waals surface area contributed by atoms with Crippen LogP contribution in [0.4, 0.5) is 0 Å². The molecule has 0 aromatic heterocycles. The maximum atomic E-state index is 5.72. The van der Waals surface area contributed by atoms with Crippen LogP contribution in [-0.2, 0) is 4.74 Å². The molecular weight excluding hydrogens is 208 g/mol. The molecule has 2 unspecified atom stereocenters. The summed E-state index contributed by atoms with van der Waals surface area (Å²) >= 11 is 0. The monoisotopic (exact) mass is 230 g/mol. The minimum atomic E-state index is 0.644. The molecule has 1 aromatic carbocycles. The van der Waals surface area contributed by atoms with Crippen LogP contribution in [0, 0.1) is 5.92 Å². The predicted molar refractivity (Wildman–Crippen MR) is 70.4 cm³/mol. The van der Waals surface area contributed by atoms with Crippen molar-refractivity contribution < 1.29 is 4.74 Å². The fourth-order valence-electron chi connectivity index (χ4n) is 3.23. The number of hydrogen-bond acceptors (Lipinski definition) is 1. The highest BCUT2D eigenvalue weighted by Gasteiger charge is 2.32. The largest absolute Gasteiger partial charge is 0.381 e. The third kappa shape index (κ3) is 2.26. The summed E-state index contributed by atoms with van der Waals surface area (Å²) in [7, 11) is 0. The van der Waals surface area contributed by atoms with Crippen LogP contribution in [0.25, 0.3) is 0 Å². The Balaban J connectivity index is 1.90. The van der Waals surface area contributed by atoms with Crippen molar-refractivity contribution in [2.24, 2.45) is 5.92 Å². The first-order chi connectivity index (χ1) is 8.40. The maximum absolute atomic E-state index is 5.72.